The van der Waals surface area contributed by atoms with Crippen LogP contribution in [-0.4, -0.2) is 5.91 Å². The van der Waals surface area contributed by atoms with Crippen LogP contribution in [-0.2, 0) is 0 Å². The number of benzene rings is 2. The fraction of sp³-hybridized carbons (Fsp3) is 0. The molecule has 0 unspecified atom stereocenters. The van der Waals surface area contributed by atoms with Crippen molar-refractivity contribution in [2.24, 2.45) is 0 Å². The van der Waals surface area contributed by atoms with Gasteiger partial charge in [0, 0.05) is 4.47 Å². The first kappa shape index (κ1) is 16.3. The fourth-order valence-corrected chi connectivity index (χ4v) is 1.91. The maximum absolute atomic E-state index is 13.5. The molecule has 1 amide bonds. The Hall–Kier alpha value is -2.03. The molecule has 2 aromatic carbocycles. The third-order valence-corrected chi connectivity index (χ3v) is 3.11. The third kappa shape index (κ3) is 2.80. The number of hydrogen-bond donors (Lipinski definition) is 1. The predicted molar refractivity (Wildman–Crippen MR) is 68.3 cm³/mol. The van der Waals surface area contributed by atoms with Crippen molar-refractivity contribution in [3.8, 4) is 0 Å². The molecule has 0 spiro atoms. The zero-order valence-corrected chi connectivity index (χ0v) is 11.9. The van der Waals surface area contributed by atoms with Crippen LogP contribution in [0.5, 0.6) is 0 Å². The number of hydrogen-bond acceptors (Lipinski definition) is 1. The molecule has 0 fully saturated rings. The number of anilines is 1. The molecular weight excluding hydrogens is 380 g/mol. The van der Waals surface area contributed by atoms with E-state index in [9.17, 15) is 31.1 Å². The number of carbonyl (C=O) groups excluding carboxylic acids is 1. The van der Waals surface area contributed by atoms with Crippen LogP contribution in [0.2, 0.25) is 0 Å². The van der Waals surface area contributed by atoms with Crippen molar-refractivity contribution in [2.75, 3.05) is 5.32 Å². The first-order valence-electron chi connectivity index (χ1n) is 5.52. The molecule has 2 aromatic rings. The minimum Gasteiger partial charge on any atom is -0.319 e. The lowest BCUT2D eigenvalue weighted by Gasteiger charge is -2.10. The predicted octanol–water partition coefficient (Wildman–Crippen LogP) is 4.54. The van der Waals surface area contributed by atoms with Gasteiger partial charge in [0.2, 0.25) is 5.82 Å². The molecule has 0 atom stereocenters. The van der Waals surface area contributed by atoms with Gasteiger partial charge < -0.3 is 5.32 Å². The first-order chi connectivity index (χ1) is 10.2. The quantitative estimate of drug-likeness (QED) is 0.460. The second-order valence-electron chi connectivity index (χ2n) is 4.02. The van der Waals surface area contributed by atoms with Crippen LogP contribution in [0.4, 0.5) is 32.0 Å². The van der Waals surface area contributed by atoms with Gasteiger partial charge in [-0.3, -0.25) is 4.79 Å². The van der Waals surface area contributed by atoms with Crippen LogP contribution in [0.3, 0.4) is 0 Å². The molecule has 2 nitrogen and oxygen atoms in total. The van der Waals surface area contributed by atoms with E-state index in [0.29, 0.717) is 4.47 Å². The molecule has 9 heteroatoms. The largest absolute Gasteiger partial charge is 0.319 e. The topological polar surface area (TPSA) is 29.1 Å². The maximum atomic E-state index is 13.5. The van der Waals surface area contributed by atoms with Gasteiger partial charge in [-0.2, -0.15) is 0 Å². The van der Waals surface area contributed by atoms with E-state index in [1.165, 1.54) is 6.07 Å². The number of halogens is 7. The Labute approximate surface area is 127 Å². The average Bonchev–Trinajstić information content (AvgIpc) is 2.46. The van der Waals surface area contributed by atoms with Gasteiger partial charge in [0.25, 0.3) is 5.91 Å². The van der Waals surface area contributed by atoms with Crippen LogP contribution in [0.1, 0.15) is 10.4 Å². The number of amides is 1. The Morgan fingerprint density at radius 2 is 1.36 bits per heavy atom. The molecule has 0 saturated heterocycles. The number of rotatable bonds is 2. The van der Waals surface area contributed by atoms with E-state index in [1.54, 1.807) is 5.32 Å². The van der Waals surface area contributed by atoms with Gasteiger partial charge in [-0.25, -0.2) is 26.3 Å². The normalized spacial score (nSPS) is 10.7. The van der Waals surface area contributed by atoms with Crippen LogP contribution in [0.15, 0.2) is 22.7 Å². The summed E-state index contributed by atoms with van der Waals surface area (Å²) in [5.41, 5.74) is -2.18. The molecule has 0 aromatic heterocycles. The van der Waals surface area contributed by atoms with Gasteiger partial charge in [0.05, 0.1) is 5.69 Å². The number of carbonyl (C=O) groups is 1. The lowest BCUT2D eigenvalue weighted by atomic mass is 10.1. The lowest BCUT2D eigenvalue weighted by Crippen LogP contribution is -2.19. The van der Waals surface area contributed by atoms with Crippen molar-refractivity contribution in [2.45, 2.75) is 0 Å². The van der Waals surface area contributed by atoms with E-state index in [-0.39, 0.29) is 0 Å². The molecule has 0 heterocycles. The molecule has 0 saturated carbocycles. The minimum absolute atomic E-state index is 0.319. The van der Waals surface area contributed by atoms with Crippen molar-refractivity contribution < 1.29 is 31.1 Å². The van der Waals surface area contributed by atoms with E-state index < -0.39 is 52.1 Å². The summed E-state index contributed by atoms with van der Waals surface area (Å²) in [4.78, 5) is 11.7. The van der Waals surface area contributed by atoms with E-state index in [2.05, 4.69) is 15.9 Å². The van der Waals surface area contributed by atoms with Gasteiger partial charge >= 0.3 is 0 Å². The van der Waals surface area contributed by atoms with Gasteiger partial charge in [-0.15, -0.1) is 0 Å². The fourth-order valence-electron chi connectivity index (χ4n) is 1.58. The van der Waals surface area contributed by atoms with Crippen LogP contribution in [0, 0.1) is 34.9 Å². The molecule has 0 aliphatic carbocycles. The summed E-state index contributed by atoms with van der Waals surface area (Å²) in [5.74, 6) is -14.2. The highest BCUT2D eigenvalue weighted by molar-refractivity contribution is 9.10. The maximum Gasteiger partial charge on any atom is 0.261 e. The molecule has 0 radical (unpaired) electrons. The second-order valence-corrected chi connectivity index (χ2v) is 4.94. The van der Waals surface area contributed by atoms with Gasteiger partial charge in [-0.05, 0) is 18.2 Å². The molecule has 1 N–H and O–H groups in total. The van der Waals surface area contributed by atoms with Gasteiger partial charge in [0.1, 0.15) is 11.4 Å². The van der Waals surface area contributed by atoms with E-state index in [1.807, 2.05) is 0 Å². The van der Waals surface area contributed by atoms with E-state index >= 15 is 0 Å². The Balaban J connectivity index is 2.46. The molecule has 2 rings (SSSR count). The number of nitrogens with one attached hydrogen (secondary N) is 1. The summed E-state index contributed by atoms with van der Waals surface area (Å²) in [7, 11) is 0. The highest BCUT2D eigenvalue weighted by Gasteiger charge is 2.30. The summed E-state index contributed by atoms with van der Waals surface area (Å²) in [6.45, 7) is 0. The molecule has 0 aliphatic heterocycles. The van der Waals surface area contributed by atoms with Crippen molar-refractivity contribution in [1.82, 2.24) is 0 Å². The molecule has 22 heavy (non-hydrogen) atoms. The summed E-state index contributed by atoms with van der Waals surface area (Å²) >= 11 is 2.94. The molecular formula is C13H4BrF6NO. The highest BCUT2D eigenvalue weighted by Crippen LogP contribution is 2.25. The third-order valence-electron chi connectivity index (χ3n) is 2.62. The summed E-state index contributed by atoms with van der Waals surface area (Å²) in [6.07, 6.45) is 0. The second kappa shape index (κ2) is 5.99. The van der Waals surface area contributed by atoms with Crippen LogP contribution in [0.25, 0.3) is 0 Å². The van der Waals surface area contributed by atoms with Crippen molar-refractivity contribution in [1.29, 1.82) is 0 Å². The SMILES string of the molecule is O=C(Nc1ccc(Br)cc1F)c1c(F)c(F)c(F)c(F)c1F. The van der Waals surface area contributed by atoms with Crippen LogP contribution < -0.4 is 5.32 Å². The van der Waals surface area contributed by atoms with Crippen LogP contribution >= 0.6 is 15.9 Å². The zero-order valence-electron chi connectivity index (χ0n) is 10.3. The Bertz CT molecular complexity index is 751. The molecule has 0 bridgehead atoms. The van der Waals surface area contributed by atoms with E-state index in [0.717, 1.165) is 12.1 Å². The average molecular weight is 384 g/mol. The smallest absolute Gasteiger partial charge is 0.261 e. The summed E-state index contributed by atoms with van der Waals surface area (Å²) in [5, 5.41) is 1.74. The zero-order chi connectivity index (χ0) is 16.6. The van der Waals surface area contributed by atoms with Gasteiger partial charge in [-0.1, -0.05) is 15.9 Å². The lowest BCUT2D eigenvalue weighted by molar-refractivity contribution is 0.101. The minimum atomic E-state index is -2.39. The first-order valence-corrected chi connectivity index (χ1v) is 6.31. The van der Waals surface area contributed by atoms with Gasteiger partial charge in [0.15, 0.2) is 23.3 Å². The molecule has 116 valence electrons. The van der Waals surface area contributed by atoms with Crippen molar-refractivity contribution in [3.63, 3.8) is 0 Å². The summed E-state index contributed by atoms with van der Waals surface area (Å²) < 4.78 is 79.6. The summed E-state index contributed by atoms with van der Waals surface area (Å²) in [6, 6.07) is 3.29. The Morgan fingerprint density at radius 1 is 0.864 bits per heavy atom. The Morgan fingerprint density at radius 3 is 1.86 bits per heavy atom. The van der Waals surface area contributed by atoms with E-state index in [4.69, 9.17) is 0 Å². The Kier molecular flexibility index (Phi) is 4.45. The monoisotopic (exact) mass is 383 g/mol. The highest BCUT2D eigenvalue weighted by atomic mass is 79.9. The van der Waals surface area contributed by atoms with Crippen molar-refractivity contribution >= 4 is 27.5 Å². The standard InChI is InChI=1S/C13H4BrF6NO/c14-4-1-2-6(5(15)3-4)21-13(22)7-8(16)10(18)12(20)11(19)9(7)17/h1-3H,(H,21,22). The van der Waals surface area contributed by atoms with Crippen molar-refractivity contribution in [3.05, 3.63) is 63.1 Å². The molecule has 0 aliphatic rings.